The molecule has 0 bridgehead atoms. The summed E-state index contributed by atoms with van der Waals surface area (Å²) in [5.74, 6) is 2.24. The second-order valence-corrected chi connectivity index (χ2v) is 7.05. The van der Waals surface area contributed by atoms with E-state index >= 15 is 0 Å². The zero-order chi connectivity index (χ0) is 17.8. The maximum absolute atomic E-state index is 12.4. The summed E-state index contributed by atoms with van der Waals surface area (Å²) >= 11 is 0. The van der Waals surface area contributed by atoms with Crippen LogP contribution >= 0.6 is 0 Å². The second kappa shape index (κ2) is 5.52. The fourth-order valence-electron chi connectivity index (χ4n) is 4.16. The first-order valence-electron chi connectivity index (χ1n) is 8.72. The molecule has 1 aromatic carbocycles. The SMILES string of the molecule is Cc1[nH]nc2c1[C@@H]([C@@H](C)Cc1ccc3c(c1)OCO3)C1=C(COC1=O)N2. The molecular weight excluding hydrogens is 334 g/mol. The van der Waals surface area contributed by atoms with E-state index in [2.05, 4.69) is 28.5 Å². The first-order valence-corrected chi connectivity index (χ1v) is 8.72. The summed E-state index contributed by atoms with van der Waals surface area (Å²) in [6, 6.07) is 6.01. The van der Waals surface area contributed by atoms with Gasteiger partial charge in [-0.2, -0.15) is 5.10 Å². The normalized spacial score (nSPS) is 21.2. The Kier molecular flexibility index (Phi) is 3.25. The van der Waals surface area contributed by atoms with Crippen LogP contribution in [0.3, 0.4) is 0 Å². The summed E-state index contributed by atoms with van der Waals surface area (Å²) in [6.07, 6.45) is 0.801. The number of hydrogen-bond acceptors (Lipinski definition) is 6. The number of ether oxygens (including phenoxy) is 3. The minimum atomic E-state index is -0.235. The number of anilines is 1. The number of hydrogen-bond donors (Lipinski definition) is 2. The van der Waals surface area contributed by atoms with Crippen molar-refractivity contribution in [3.05, 3.63) is 46.3 Å². The molecule has 0 spiro atoms. The van der Waals surface area contributed by atoms with Gasteiger partial charge in [-0.05, 0) is 37.0 Å². The zero-order valence-electron chi connectivity index (χ0n) is 14.6. The van der Waals surface area contributed by atoms with Gasteiger partial charge in [-0.3, -0.25) is 5.10 Å². The Morgan fingerprint density at radius 1 is 1.27 bits per heavy atom. The van der Waals surface area contributed by atoms with Gasteiger partial charge in [0.15, 0.2) is 17.3 Å². The average molecular weight is 353 g/mol. The van der Waals surface area contributed by atoms with Crippen LogP contribution in [0, 0.1) is 12.8 Å². The van der Waals surface area contributed by atoms with Crippen LogP contribution in [0.5, 0.6) is 11.5 Å². The smallest absolute Gasteiger partial charge is 0.336 e. The average Bonchev–Trinajstić information content (AvgIpc) is 3.33. The van der Waals surface area contributed by atoms with Crippen LogP contribution in [-0.4, -0.2) is 29.6 Å². The summed E-state index contributed by atoms with van der Waals surface area (Å²) in [7, 11) is 0. The van der Waals surface area contributed by atoms with Crippen LogP contribution in [0.25, 0.3) is 0 Å². The number of esters is 1. The highest BCUT2D eigenvalue weighted by molar-refractivity contribution is 5.96. The Hall–Kier alpha value is -2.96. The molecule has 2 atom stereocenters. The fourth-order valence-corrected chi connectivity index (χ4v) is 4.16. The Labute approximate surface area is 150 Å². The molecule has 2 aromatic rings. The van der Waals surface area contributed by atoms with Gasteiger partial charge in [-0.25, -0.2) is 4.79 Å². The molecule has 3 aliphatic heterocycles. The summed E-state index contributed by atoms with van der Waals surface area (Å²) in [5, 5.41) is 10.6. The summed E-state index contributed by atoms with van der Waals surface area (Å²) in [6.45, 7) is 4.70. The Balaban J connectivity index is 1.51. The lowest BCUT2D eigenvalue weighted by Crippen LogP contribution is -2.24. The number of carbonyl (C=O) groups is 1. The van der Waals surface area contributed by atoms with Gasteiger partial charge in [0.1, 0.15) is 6.61 Å². The maximum Gasteiger partial charge on any atom is 0.336 e. The molecule has 0 saturated heterocycles. The third kappa shape index (κ3) is 2.20. The van der Waals surface area contributed by atoms with E-state index in [-0.39, 0.29) is 31.2 Å². The molecule has 5 rings (SSSR count). The lowest BCUT2D eigenvalue weighted by molar-refractivity contribution is -0.136. The largest absolute Gasteiger partial charge is 0.456 e. The van der Waals surface area contributed by atoms with Crippen LogP contribution in [0.2, 0.25) is 0 Å². The number of nitrogens with zero attached hydrogens (tertiary/aromatic N) is 1. The summed E-state index contributed by atoms with van der Waals surface area (Å²) in [5.41, 5.74) is 4.74. The lowest BCUT2D eigenvalue weighted by Gasteiger charge is -2.29. The van der Waals surface area contributed by atoms with Gasteiger partial charge < -0.3 is 19.5 Å². The van der Waals surface area contributed by atoms with Crippen molar-refractivity contribution >= 4 is 11.8 Å². The quantitative estimate of drug-likeness (QED) is 0.825. The van der Waals surface area contributed by atoms with E-state index in [9.17, 15) is 4.79 Å². The highest BCUT2D eigenvalue weighted by Crippen LogP contribution is 2.46. The number of fused-ring (bicyclic) bond motifs is 2. The molecule has 2 N–H and O–H groups in total. The molecule has 26 heavy (non-hydrogen) atoms. The van der Waals surface area contributed by atoms with Crippen LogP contribution in [0.1, 0.15) is 29.7 Å². The number of aromatic nitrogens is 2. The van der Waals surface area contributed by atoms with E-state index in [1.54, 1.807) is 0 Å². The van der Waals surface area contributed by atoms with Gasteiger partial charge in [-0.1, -0.05) is 13.0 Å². The predicted molar refractivity (Wildman–Crippen MR) is 93.1 cm³/mol. The van der Waals surface area contributed by atoms with E-state index < -0.39 is 0 Å². The van der Waals surface area contributed by atoms with E-state index in [1.807, 2.05) is 19.1 Å². The molecule has 7 heteroatoms. The molecule has 0 radical (unpaired) electrons. The molecule has 0 aliphatic carbocycles. The Bertz CT molecular complexity index is 946. The Morgan fingerprint density at radius 2 is 2.12 bits per heavy atom. The molecule has 7 nitrogen and oxygen atoms in total. The minimum Gasteiger partial charge on any atom is -0.456 e. The predicted octanol–water partition coefficient (Wildman–Crippen LogP) is 2.65. The van der Waals surface area contributed by atoms with Gasteiger partial charge in [-0.15, -0.1) is 0 Å². The van der Waals surface area contributed by atoms with Crippen molar-refractivity contribution in [1.29, 1.82) is 0 Å². The third-order valence-electron chi connectivity index (χ3n) is 5.34. The number of benzene rings is 1. The highest BCUT2D eigenvalue weighted by Gasteiger charge is 2.42. The summed E-state index contributed by atoms with van der Waals surface area (Å²) < 4.78 is 16.2. The van der Waals surface area contributed by atoms with Crippen LogP contribution in [0.4, 0.5) is 5.82 Å². The molecule has 0 fully saturated rings. The van der Waals surface area contributed by atoms with Crippen LogP contribution < -0.4 is 14.8 Å². The zero-order valence-corrected chi connectivity index (χ0v) is 14.6. The topological polar surface area (TPSA) is 85.5 Å². The van der Waals surface area contributed by atoms with Crippen molar-refractivity contribution in [3.63, 3.8) is 0 Å². The number of aryl methyl sites for hydroxylation is 1. The van der Waals surface area contributed by atoms with Crippen molar-refractivity contribution in [2.24, 2.45) is 5.92 Å². The standard InChI is InChI=1S/C19H19N3O4/c1-9(5-11-3-4-13-14(6-11)26-8-25-13)15-16-10(2)21-22-18(16)20-12-7-24-19(23)17(12)15/h3-4,6,9,15H,5,7-8H2,1-2H3,(H2,20,21,22)/t9-,15+/m0/s1. The van der Waals surface area contributed by atoms with Crippen molar-refractivity contribution in [3.8, 4) is 11.5 Å². The Morgan fingerprint density at radius 3 is 3.00 bits per heavy atom. The molecule has 0 saturated carbocycles. The number of rotatable bonds is 3. The second-order valence-electron chi connectivity index (χ2n) is 7.05. The molecule has 3 aliphatic rings. The maximum atomic E-state index is 12.4. The van der Waals surface area contributed by atoms with Gasteiger partial charge >= 0.3 is 5.97 Å². The van der Waals surface area contributed by atoms with Crippen molar-refractivity contribution in [1.82, 2.24) is 10.2 Å². The monoisotopic (exact) mass is 353 g/mol. The number of nitrogens with one attached hydrogen (secondary N) is 2. The van der Waals surface area contributed by atoms with Crippen molar-refractivity contribution in [2.75, 3.05) is 18.7 Å². The number of H-pyrrole nitrogens is 1. The number of carbonyl (C=O) groups excluding carboxylic acids is 1. The molecule has 4 heterocycles. The first kappa shape index (κ1) is 15.3. The summed E-state index contributed by atoms with van der Waals surface area (Å²) in [4.78, 5) is 12.4. The lowest BCUT2D eigenvalue weighted by atomic mass is 9.76. The van der Waals surface area contributed by atoms with Crippen molar-refractivity contribution < 1.29 is 19.0 Å². The van der Waals surface area contributed by atoms with Gasteiger partial charge in [0.25, 0.3) is 0 Å². The molecule has 0 amide bonds. The fraction of sp³-hybridized carbons (Fsp3) is 0.368. The van der Waals surface area contributed by atoms with Gasteiger partial charge in [0.2, 0.25) is 6.79 Å². The third-order valence-corrected chi connectivity index (χ3v) is 5.34. The molecule has 1 aromatic heterocycles. The van der Waals surface area contributed by atoms with Crippen molar-refractivity contribution in [2.45, 2.75) is 26.2 Å². The molecule has 0 unspecified atom stereocenters. The van der Waals surface area contributed by atoms with Gasteiger partial charge in [0.05, 0.1) is 11.3 Å². The van der Waals surface area contributed by atoms with Crippen LogP contribution in [-0.2, 0) is 16.0 Å². The van der Waals surface area contributed by atoms with E-state index in [4.69, 9.17) is 14.2 Å². The minimum absolute atomic E-state index is 0.0552. The number of aromatic amines is 1. The van der Waals surface area contributed by atoms with Gasteiger partial charge in [0, 0.05) is 17.2 Å². The highest BCUT2D eigenvalue weighted by atomic mass is 16.7. The van der Waals surface area contributed by atoms with E-state index in [0.29, 0.717) is 0 Å². The number of cyclic esters (lactones) is 1. The van der Waals surface area contributed by atoms with E-state index in [0.717, 1.165) is 51.8 Å². The molecule has 134 valence electrons. The first-order chi connectivity index (χ1) is 12.6. The van der Waals surface area contributed by atoms with E-state index in [1.165, 1.54) is 0 Å². The van der Waals surface area contributed by atoms with Crippen LogP contribution in [0.15, 0.2) is 29.5 Å². The molecular formula is C19H19N3O4.